The van der Waals surface area contributed by atoms with Gasteiger partial charge in [-0.15, -0.1) is 0 Å². The second-order valence-electron chi connectivity index (χ2n) is 26.6. The molecule has 0 saturated heterocycles. The van der Waals surface area contributed by atoms with Crippen LogP contribution >= 0.6 is 0 Å². The largest absolute Gasteiger partial charge is 0.457 e. The molecule has 4 aliphatic carbocycles. The summed E-state index contributed by atoms with van der Waals surface area (Å²) in [4.78, 5) is 63.4. The number of rotatable bonds is 10. The van der Waals surface area contributed by atoms with E-state index in [1.54, 1.807) is 0 Å². The molecule has 17 rings (SSSR count). The molecule has 438 valence electrons. The molecule has 2 heterocycles. The highest BCUT2D eigenvalue weighted by Crippen LogP contribution is 2.53. The Morgan fingerprint density at radius 2 is 0.644 bits per heavy atom. The number of carbonyl (C=O) groups is 4. The molecule has 0 atom stereocenters. The van der Waals surface area contributed by atoms with Crippen LogP contribution in [0.15, 0.2) is 206 Å². The maximum atomic E-state index is 15.2. The third-order valence-electron chi connectivity index (χ3n) is 21.0. The molecule has 0 spiro atoms. The lowest BCUT2D eigenvalue weighted by Gasteiger charge is -2.31. The van der Waals surface area contributed by atoms with Gasteiger partial charge < -0.3 is 9.47 Å². The Kier molecular flexibility index (Phi) is 12.1. The highest BCUT2D eigenvalue weighted by atomic mass is 16.5. The standard InChI is InChI=1S/C82H64N2O6/c1-81(2)69-25-11-9-19-59(69)61-37-33-51(43-71(61)81)89-53-31-35-57(47-15-5-6-16-47)73(45-53)83-77(85)65-23-13-21-63-55(39-41-67(75(63)65)79(83)87)49-27-29-50(30-28-49)56-40-42-68-76-64(56)22-14-24-66(76)78(86)84(80(68)88)74-46-54(32-36-58(74)48-17-7-8-18-48)90-52-34-38-62-60-20-10-12-26-70(60)82(3,4)72(62)44-52/h9-14,19-48H,5-8,15-18H2,1-4H3. The van der Waals surface area contributed by atoms with Gasteiger partial charge in [0.05, 0.1) is 11.4 Å². The average molecular weight is 1170 g/mol. The number of fused-ring (bicyclic) bond motifs is 6. The SMILES string of the molecule is CC1(C)c2ccccc2-c2ccc(Oc3ccc(C4CCCC4)c(N4C(=O)c5cccc6c(-c7ccc(-c8ccc9c%10c(cccc8%10)C(=O)N(c8cc(Oc%10ccc%11c(c%10)C(C)(C)c%10ccccc%10-%11)ccc8C8CCCC8)C9=O)cc7)ccc(c56)C4=O)c3)cc21. The normalized spacial score (nSPS) is 16.9. The Labute approximate surface area is 523 Å². The van der Waals surface area contributed by atoms with Gasteiger partial charge in [-0.25, -0.2) is 9.80 Å². The van der Waals surface area contributed by atoms with Crippen LogP contribution in [0.25, 0.3) is 66.1 Å². The third kappa shape index (κ3) is 8.12. The fraction of sp³-hybridized carbons (Fsp3) is 0.195. The Bertz CT molecular complexity index is 4600. The fourth-order valence-corrected chi connectivity index (χ4v) is 16.5. The van der Waals surface area contributed by atoms with E-state index in [1.165, 1.54) is 54.3 Å². The molecule has 0 unspecified atom stereocenters. The van der Waals surface area contributed by atoms with Crippen molar-refractivity contribution in [3.05, 3.63) is 262 Å². The summed E-state index contributed by atoms with van der Waals surface area (Å²) < 4.78 is 13.4. The van der Waals surface area contributed by atoms with Crippen molar-refractivity contribution in [1.82, 2.24) is 0 Å². The molecule has 6 aliphatic rings. The third-order valence-corrected chi connectivity index (χ3v) is 21.0. The van der Waals surface area contributed by atoms with Crippen LogP contribution in [0.2, 0.25) is 0 Å². The van der Waals surface area contributed by atoms with Crippen LogP contribution in [0.1, 0.15) is 166 Å². The Balaban J connectivity index is 0.668. The summed E-state index contributed by atoms with van der Waals surface area (Å²) >= 11 is 0. The predicted octanol–water partition coefficient (Wildman–Crippen LogP) is 20.4. The number of hydrogen-bond donors (Lipinski definition) is 0. The van der Waals surface area contributed by atoms with E-state index < -0.39 is 0 Å². The van der Waals surface area contributed by atoms with Crippen LogP contribution < -0.4 is 19.3 Å². The van der Waals surface area contributed by atoms with Crippen molar-refractivity contribution in [2.45, 2.75) is 102 Å². The smallest absolute Gasteiger partial charge is 0.265 e. The van der Waals surface area contributed by atoms with Gasteiger partial charge in [-0.05, 0) is 187 Å². The number of carbonyl (C=O) groups excluding carboxylic acids is 4. The molecule has 0 N–H and O–H groups in total. The Hall–Kier alpha value is -10.2. The van der Waals surface area contributed by atoms with E-state index in [0.717, 1.165) is 95.5 Å². The highest BCUT2D eigenvalue weighted by Gasteiger charge is 2.41. The Morgan fingerprint density at radius 3 is 1.06 bits per heavy atom. The van der Waals surface area contributed by atoms with Crippen molar-refractivity contribution in [2.75, 3.05) is 9.80 Å². The minimum Gasteiger partial charge on any atom is -0.457 e. The number of nitrogens with zero attached hydrogens (tertiary/aromatic N) is 2. The lowest BCUT2D eigenvalue weighted by atomic mass is 9.82. The lowest BCUT2D eigenvalue weighted by molar-refractivity contribution is 0.0877. The molecule has 8 heteroatoms. The van der Waals surface area contributed by atoms with Gasteiger partial charge in [-0.3, -0.25) is 19.2 Å². The molecule has 2 fully saturated rings. The topological polar surface area (TPSA) is 93.2 Å². The predicted molar refractivity (Wildman–Crippen MR) is 358 cm³/mol. The van der Waals surface area contributed by atoms with Gasteiger partial charge in [0.2, 0.25) is 0 Å². The van der Waals surface area contributed by atoms with E-state index >= 15 is 19.2 Å². The molecular formula is C82H64N2O6. The zero-order valence-electron chi connectivity index (χ0n) is 50.8. The van der Waals surface area contributed by atoms with E-state index in [2.05, 4.69) is 137 Å². The number of amides is 4. The number of benzene rings is 11. The maximum Gasteiger partial charge on any atom is 0.265 e. The van der Waals surface area contributed by atoms with Crippen LogP contribution in [0.4, 0.5) is 11.4 Å². The highest BCUT2D eigenvalue weighted by molar-refractivity contribution is 6.38. The summed E-state index contributed by atoms with van der Waals surface area (Å²) in [5, 5.41) is 2.89. The minimum atomic E-state index is -0.361. The van der Waals surface area contributed by atoms with Crippen LogP contribution in [0, 0.1) is 0 Å². The summed E-state index contributed by atoms with van der Waals surface area (Å²) in [5.41, 5.74) is 18.1. The summed E-state index contributed by atoms with van der Waals surface area (Å²) in [6.45, 7) is 9.00. The first-order valence-electron chi connectivity index (χ1n) is 31.9. The van der Waals surface area contributed by atoms with Gasteiger partial charge in [0.1, 0.15) is 23.0 Å². The van der Waals surface area contributed by atoms with Crippen molar-refractivity contribution in [2.24, 2.45) is 0 Å². The fourth-order valence-electron chi connectivity index (χ4n) is 16.5. The van der Waals surface area contributed by atoms with Crippen molar-refractivity contribution in [1.29, 1.82) is 0 Å². The van der Waals surface area contributed by atoms with Crippen LogP contribution in [0.5, 0.6) is 23.0 Å². The molecule has 0 radical (unpaired) electrons. The monoisotopic (exact) mass is 1170 g/mol. The lowest BCUT2D eigenvalue weighted by Crippen LogP contribution is -2.41. The summed E-state index contributed by atoms with van der Waals surface area (Å²) in [7, 11) is 0. The van der Waals surface area contributed by atoms with Gasteiger partial charge in [0, 0.05) is 56.0 Å². The molecule has 0 bridgehead atoms. The number of hydrogen-bond acceptors (Lipinski definition) is 6. The van der Waals surface area contributed by atoms with Crippen LogP contribution in [0.3, 0.4) is 0 Å². The van der Waals surface area contributed by atoms with Crippen molar-refractivity contribution < 1.29 is 28.7 Å². The van der Waals surface area contributed by atoms with Gasteiger partial charge in [-0.1, -0.05) is 187 Å². The number of ether oxygens (including phenoxy) is 2. The second kappa shape index (κ2) is 20.2. The zero-order chi connectivity index (χ0) is 60.9. The van der Waals surface area contributed by atoms with Gasteiger partial charge in [0.15, 0.2) is 0 Å². The first kappa shape index (κ1) is 54.0. The van der Waals surface area contributed by atoms with Crippen LogP contribution in [-0.2, 0) is 10.8 Å². The number of anilines is 2. The van der Waals surface area contributed by atoms with Gasteiger partial charge in [-0.2, -0.15) is 0 Å². The molecule has 11 aromatic rings. The first-order valence-corrected chi connectivity index (χ1v) is 31.9. The molecular weight excluding hydrogens is 1110 g/mol. The molecule has 90 heavy (non-hydrogen) atoms. The van der Waals surface area contributed by atoms with Crippen LogP contribution in [-0.4, -0.2) is 23.6 Å². The quantitative estimate of drug-likeness (QED) is 0.127. The van der Waals surface area contributed by atoms with Gasteiger partial charge in [0.25, 0.3) is 23.6 Å². The van der Waals surface area contributed by atoms with E-state index in [1.807, 2.05) is 97.1 Å². The molecule has 2 aliphatic heterocycles. The van der Waals surface area contributed by atoms with E-state index in [9.17, 15) is 0 Å². The van der Waals surface area contributed by atoms with E-state index in [4.69, 9.17) is 9.47 Å². The van der Waals surface area contributed by atoms with Crippen molar-refractivity contribution in [3.8, 4) is 67.5 Å². The van der Waals surface area contributed by atoms with Crippen molar-refractivity contribution >= 4 is 56.5 Å². The molecule has 0 aromatic heterocycles. The number of imide groups is 2. The van der Waals surface area contributed by atoms with E-state index in [-0.39, 0.29) is 46.3 Å². The van der Waals surface area contributed by atoms with Crippen molar-refractivity contribution in [3.63, 3.8) is 0 Å². The zero-order valence-corrected chi connectivity index (χ0v) is 50.8. The molecule has 8 nitrogen and oxygen atoms in total. The molecule has 11 aromatic carbocycles. The second-order valence-corrected chi connectivity index (χ2v) is 26.6. The first-order chi connectivity index (χ1) is 43.8. The molecule has 2 saturated carbocycles. The summed E-state index contributed by atoms with van der Waals surface area (Å²) in [6.07, 6.45) is 8.31. The molecule has 4 amide bonds. The summed E-state index contributed by atoms with van der Waals surface area (Å²) in [6, 6.07) is 69.0. The maximum absolute atomic E-state index is 15.2. The average Bonchev–Trinajstić information content (AvgIpc) is 1.30. The Morgan fingerprint density at radius 1 is 0.322 bits per heavy atom. The minimum absolute atomic E-state index is 0.201. The van der Waals surface area contributed by atoms with E-state index in [0.29, 0.717) is 67.4 Å². The summed E-state index contributed by atoms with van der Waals surface area (Å²) in [5.74, 6) is 1.49. The van der Waals surface area contributed by atoms with Gasteiger partial charge >= 0.3 is 0 Å².